The van der Waals surface area contributed by atoms with Gasteiger partial charge in [-0.1, -0.05) is 36.0 Å². The zero-order valence-corrected chi connectivity index (χ0v) is 18.7. The Balaban J connectivity index is 1.48. The van der Waals surface area contributed by atoms with Crippen LogP contribution in [0.25, 0.3) is 0 Å². The van der Waals surface area contributed by atoms with E-state index in [1.54, 1.807) is 23.1 Å². The Hall–Kier alpha value is -1.67. The van der Waals surface area contributed by atoms with Crippen LogP contribution in [0, 0.1) is 6.92 Å². The molecule has 0 amide bonds. The van der Waals surface area contributed by atoms with Crippen LogP contribution in [0.15, 0.2) is 46.2 Å². The average molecular weight is 429 g/mol. The van der Waals surface area contributed by atoms with E-state index >= 15 is 0 Å². The highest BCUT2D eigenvalue weighted by molar-refractivity contribution is 7.98. The second-order valence-corrected chi connectivity index (χ2v) is 9.39. The van der Waals surface area contributed by atoms with Gasteiger partial charge in [0, 0.05) is 18.9 Å². The van der Waals surface area contributed by atoms with E-state index < -0.39 is 0 Å². The van der Waals surface area contributed by atoms with Crippen LogP contribution in [-0.4, -0.2) is 39.4 Å². The lowest BCUT2D eigenvalue weighted by Gasteiger charge is -2.18. The molecule has 2 aromatic heterocycles. The lowest BCUT2D eigenvalue weighted by atomic mass is 10.1. The van der Waals surface area contributed by atoms with Gasteiger partial charge in [-0.2, -0.15) is 11.3 Å². The largest absolute Gasteiger partial charge is 0.376 e. The van der Waals surface area contributed by atoms with E-state index in [1.807, 2.05) is 0 Å². The SMILES string of the molecule is Cc1ccccc1CSc1nnc(CN(C)Cc2ccsc2)n1C[C@H]1CCCO1. The molecule has 0 saturated carbocycles. The number of ether oxygens (including phenoxy) is 1. The molecule has 0 aliphatic carbocycles. The summed E-state index contributed by atoms with van der Waals surface area (Å²) in [6.07, 6.45) is 2.53. The summed E-state index contributed by atoms with van der Waals surface area (Å²) in [7, 11) is 2.14. The first-order chi connectivity index (χ1) is 14.2. The van der Waals surface area contributed by atoms with Crippen molar-refractivity contribution in [3.8, 4) is 0 Å². The van der Waals surface area contributed by atoms with Gasteiger partial charge in [0.05, 0.1) is 19.2 Å². The minimum Gasteiger partial charge on any atom is -0.376 e. The van der Waals surface area contributed by atoms with Crippen LogP contribution in [0.1, 0.15) is 35.4 Å². The number of thioether (sulfide) groups is 1. The van der Waals surface area contributed by atoms with Crippen molar-refractivity contribution in [3.05, 3.63) is 63.6 Å². The Labute approximate surface area is 181 Å². The maximum absolute atomic E-state index is 5.91. The summed E-state index contributed by atoms with van der Waals surface area (Å²) in [5.74, 6) is 1.92. The summed E-state index contributed by atoms with van der Waals surface area (Å²) < 4.78 is 8.19. The zero-order chi connectivity index (χ0) is 20.1. The predicted octanol–water partition coefficient (Wildman–Crippen LogP) is 4.75. The third kappa shape index (κ3) is 5.48. The molecule has 3 heterocycles. The van der Waals surface area contributed by atoms with Crippen molar-refractivity contribution in [3.63, 3.8) is 0 Å². The lowest BCUT2D eigenvalue weighted by molar-refractivity contribution is 0.0934. The minimum atomic E-state index is 0.268. The summed E-state index contributed by atoms with van der Waals surface area (Å²) in [4.78, 5) is 2.30. The van der Waals surface area contributed by atoms with Gasteiger partial charge in [-0.3, -0.25) is 4.90 Å². The van der Waals surface area contributed by atoms with Crippen LogP contribution in [-0.2, 0) is 30.1 Å². The molecule has 0 N–H and O–H groups in total. The number of thiophene rings is 1. The molecule has 0 unspecified atom stereocenters. The first kappa shape index (κ1) is 20.6. The van der Waals surface area contributed by atoms with Gasteiger partial charge in [0.25, 0.3) is 0 Å². The third-order valence-electron chi connectivity index (χ3n) is 5.27. The fourth-order valence-corrected chi connectivity index (χ4v) is 5.33. The van der Waals surface area contributed by atoms with Gasteiger partial charge >= 0.3 is 0 Å². The standard InChI is InChI=1S/C22H28N4OS2/c1-17-6-3-4-7-19(17)16-29-22-24-23-21(26(22)13-20-8-5-10-27-20)14-25(2)12-18-9-11-28-15-18/h3-4,6-7,9,11,15,20H,5,8,10,12-14,16H2,1-2H3/t20-/m1/s1. The number of hydrogen-bond donors (Lipinski definition) is 0. The molecule has 1 fully saturated rings. The Kier molecular flexibility index (Phi) is 7.02. The third-order valence-corrected chi connectivity index (χ3v) is 7.01. The van der Waals surface area contributed by atoms with Gasteiger partial charge in [0.2, 0.25) is 0 Å². The van der Waals surface area contributed by atoms with E-state index in [0.29, 0.717) is 0 Å². The second kappa shape index (κ2) is 9.89. The van der Waals surface area contributed by atoms with E-state index in [1.165, 1.54) is 16.7 Å². The molecule has 29 heavy (non-hydrogen) atoms. The first-order valence-electron chi connectivity index (χ1n) is 10.1. The zero-order valence-electron chi connectivity index (χ0n) is 17.1. The second-order valence-electron chi connectivity index (χ2n) is 7.66. The maximum atomic E-state index is 5.91. The Bertz CT molecular complexity index is 903. The van der Waals surface area contributed by atoms with Crippen LogP contribution in [0.5, 0.6) is 0 Å². The molecule has 1 aliphatic heterocycles. The lowest BCUT2D eigenvalue weighted by Crippen LogP contribution is -2.23. The van der Waals surface area contributed by atoms with Crippen molar-refractivity contribution in [1.29, 1.82) is 0 Å². The van der Waals surface area contributed by atoms with Gasteiger partial charge in [0.1, 0.15) is 5.82 Å². The Morgan fingerprint density at radius 3 is 2.90 bits per heavy atom. The maximum Gasteiger partial charge on any atom is 0.191 e. The van der Waals surface area contributed by atoms with Crippen LogP contribution in [0.4, 0.5) is 0 Å². The fraction of sp³-hybridized carbons (Fsp3) is 0.455. The predicted molar refractivity (Wildman–Crippen MR) is 119 cm³/mol. The van der Waals surface area contributed by atoms with E-state index in [-0.39, 0.29) is 6.10 Å². The molecule has 1 aliphatic rings. The summed E-state index contributed by atoms with van der Waals surface area (Å²) in [5.41, 5.74) is 4.01. The molecule has 1 atom stereocenters. The molecule has 4 rings (SSSR count). The molecular weight excluding hydrogens is 400 g/mol. The van der Waals surface area contributed by atoms with Gasteiger partial charge in [-0.05, 0) is 60.3 Å². The summed E-state index contributed by atoms with van der Waals surface area (Å²) >= 11 is 3.51. The molecule has 7 heteroatoms. The highest BCUT2D eigenvalue weighted by Gasteiger charge is 2.22. The van der Waals surface area contributed by atoms with E-state index in [4.69, 9.17) is 4.74 Å². The molecule has 0 spiro atoms. The van der Waals surface area contributed by atoms with Crippen LogP contribution in [0.3, 0.4) is 0 Å². The number of aryl methyl sites for hydroxylation is 1. The van der Waals surface area contributed by atoms with E-state index in [0.717, 1.165) is 55.8 Å². The summed E-state index contributed by atoms with van der Waals surface area (Å²) in [6, 6.07) is 10.7. The smallest absolute Gasteiger partial charge is 0.191 e. The van der Waals surface area contributed by atoms with E-state index in [2.05, 4.69) is 74.7 Å². The fourth-order valence-electron chi connectivity index (χ4n) is 3.62. The molecule has 1 saturated heterocycles. The van der Waals surface area contributed by atoms with Gasteiger partial charge in [-0.15, -0.1) is 10.2 Å². The molecule has 154 valence electrons. The van der Waals surface area contributed by atoms with Crippen LogP contribution < -0.4 is 0 Å². The van der Waals surface area contributed by atoms with Crippen molar-refractivity contribution in [1.82, 2.24) is 19.7 Å². The number of aromatic nitrogens is 3. The topological polar surface area (TPSA) is 43.2 Å². The van der Waals surface area contributed by atoms with Crippen LogP contribution in [0.2, 0.25) is 0 Å². The van der Waals surface area contributed by atoms with E-state index in [9.17, 15) is 0 Å². The Morgan fingerprint density at radius 1 is 1.24 bits per heavy atom. The molecule has 3 aromatic rings. The van der Waals surface area contributed by atoms with Gasteiger partial charge in [0.15, 0.2) is 5.16 Å². The minimum absolute atomic E-state index is 0.268. The normalized spacial score (nSPS) is 16.7. The molecule has 5 nitrogen and oxygen atoms in total. The number of nitrogens with zero attached hydrogens (tertiary/aromatic N) is 4. The quantitative estimate of drug-likeness (QED) is 0.460. The van der Waals surface area contributed by atoms with Gasteiger partial charge < -0.3 is 9.30 Å². The molecule has 1 aromatic carbocycles. The highest BCUT2D eigenvalue weighted by Crippen LogP contribution is 2.26. The molecular formula is C22H28N4OS2. The first-order valence-corrected chi connectivity index (χ1v) is 12.0. The van der Waals surface area contributed by atoms with Crippen molar-refractivity contribution in [2.24, 2.45) is 0 Å². The van der Waals surface area contributed by atoms with Crippen molar-refractivity contribution < 1.29 is 4.74 Å². The van der Waals surface area contributed by atoms with Gasteiger partial charge in [-0.25, -0.2) is 0 Å². The average Bonchev–Trinajstić information content (AvgIpc) is 3.46. The summed E-state index contributed by atoms with van der Waals surface area (Å²) in [5, 5.41) is 14.4. The molecule has 0 radical (unpaired) electrons. The number of benzene rings is 1. The summed E-state index contributed by atoms with van der Waals surface area (Å²) in [6.45, 7) is 5.57. The number of rotatable bonds is 9. The van der Waals surface area contributed by atoms with Crippen molar-refractivity contribution >= 4 is 23.1 Å². The Morgan fingerprint density at radius 2 is 2.14 bits per heavy atom. The monoisotopic (exact) mass is 428 g/mol. The van der Waals surface area contributed by atoms with Crippen molar-refractivity contribution in [2.45, 2.75) is 56.4 Å². The van der Waals surface area contributed by atoms with Crippen molar-refractivity contribution in [2.75, 3.05) is 13.7 Å². The molecule has 0 bridgehead atoms. The van der Waals surface area contributed by atoms with Crippen LogP contribution >= 0.6 is 23.1 Å². The number of hydrogen-bond acceptors (Lipinski definition) is 6. The highest BCUT2D eigenvalue weighted by atomic mass is 32.2.